The van der Waals surface area contributed by atoms with Crippen LogP contribution in [0.4, 0.5) is 0 Å². The number of carbonyl (C=O) groups excluding carboxylic acids is 2. The van der Waals surface area contributed by atoms with Gasteiger partial charge in [-0.15, -0.1) is 11.3 Å². The number of aryl methyl sites for hydroxylation is 1. The summed E-state index contributed by atoms with van der Waals surface area (Å²) >= 11 is 7.61. The van der Waals surface area contributed by atoms with Crippen molar-refractivity contribution in [3.8, 4) is 0 Å². The predicted molar refractivity (Wildman–Crippen MR) is 125 cm³/mol. The van der Waals surface area contributed by atoms with Crippen molar-refractivity contribution in [2.24, 2.45) is 0 Å². The topological polar surface area (TPSA) is 60.2 Å². The van der Waals surface area contributed by atoms with E-state index in [1.165, 1.54) is 11.3 Å². The molecule has 152 valence electrons. The molecule has 0 atom stereocenters. The van der Waals surface area contributed by atoms with E-state index < -0.39 is 0 Å². The minimum absolute atomic E-state index is 0.146. The van der Waals surface area contributed by atoms with Crippen LogP contribution < -0.4 is 0 Å². The first-order valence-electron chi connectivity index (χ1n) is 9.80. The average Bonchev–Trinajstić information content (AvgIpc) is 3.39. The zero-order chi connectivity index (χ0) is 21.5. The van der Waals surface area contributed by atoms with E-state index in [4.69, 9.17) is 16.0 Å². The Hall–Kier alpha value is -3.28. The molecule has 1 aliphatic rings. The van der Waals surface area contributed by atoms with E-state index >= 15 is 0 Å². The largest absolute Gasteiger partial charge is 0.436 e. The fraction of sp³-hybridized carbons (Fsp3) is 0.0800. The molecule has 0 saturated carbocycles. The molecule has 0 bridgehead atoms. The molecule has 0 spiro atoms. The van der Waals surface area contributed by atoms with E-state index in [-0.39, 0.29) is 17.1 Å². The molecule has 0 unspecified atom stereocenters. The number of carbonyl (C=O) groups is 2. The van der Waals surface area contributed by atoms with E-state index in [9.17, 15) is 9.59 Å². The first-order valence-corrected chi connectivity index (χ1v) is 11.0. The summed E-state index contributed by atoms with van der Waals surface area (Å²) in [7, 11) is 0. The fourth-order valence-electron chi connectivity index (χ4n) is 3.57. The number of benzene rings is 2. The monoisotopic (exact) mass is 445 g/mol. The van der Waals surface area contributed by atoms with Crippen LogP contribution in [0, 0.1) is 0 Å². The van der Waals surface area contributed by atoms with Gasteiger partial charge >= 0.3 is 0 Å². The lowest BCUT2D eigenvalue weighted by molar-refractivity contribution is 0.0990. The maximum absolute atomic E-state index is 12.8. The molecule has 0 saturated heterocycles. The third-order valence-electron chi connectivity index (χ3n) is 5.18. The van der Waals surface area contributed by atoms with Gasteiger partial charge in [-0.2, -0.15) is 4.98 Å². The first-order chi connectivity index (χ1) is 15.0. The zero-order valence-electron chi connectivity index (χ0n) is 16.5. The molecule has 0 amide bonds. The van der Waals surface area contributed by atoms with Crippen molar-refractivity contribution in [1.29, 1.82) is 0 Å². The molecule has 0 radical (unpaired) electrons. The second-order valence-corrected chi connectivity index (χ2v) is 8.64. The number of ketones is 2. The highest BCUT2D eigenvalue weighted by Gasteiger charge is 2.34. The summed E-state index contributed by atoms with van der Waals surface area (Å²) in [6.07, 6.45) is 6.06. The molecule has 6 heteroatoms. The second-order valence-electron chi connectivity index (χ2n) is 7.17. The SMILES string of the molecule is CCc1cc2c(cc1Cl)C(=O)/C(=C/c1cc3oc(/C=C/c4ccccc4)nc3s1)C2=O. The van der Waals surface area contributed by atoms with Crippen LogP contribution in [0.2, 0.25) is 5.02 Å². The van der Waals surface area contributed by atoms with Crippen molar-refractivity contribution >= 4 is 63.1 Å². The third-order valence-corrected chi connectivity index (χ3v) is 6.48. The van der Waals surface area contributed by atoms with Gasteiger partial charge in [0.1, 0.15) is 0 Å². The smallest absolute Gasteiger partial charge is 0.220 e. The predicted octanol–water partition coefficient (Wildman–Crippen LogP) is 6.74. The highest BCUT2D eigenvalue weighted by atomic mass is 35.5. The van der Waals surface area contributed by atoms with Crippen LogP contribution in [0.5, 0.6) is 0 Å². The van der Waals surface area contributed by atoms with Gasteiger partial charge in [-0.1, -0.05) is 48.9 Å². The van der Waals surface area contributed by atoms with Crippen molar-refractivity contribution in [3.63, 3.8) is 0 Å². The molecule has 2 aromatic heterocycles. The van der Waals surface area contributed by atoms with Gasteiger partial charge < -0.3 is 4.42 Å². The quantitative estimate of drug-likeness (QED) is 0.258. The van der Waals surface area contributed by atoms with Gasteiger partial charge in [-0.05, 0) is 41.8 Å². The number of fused-ring (bicyclic) bond motifs is 2. The molecule has 0 aliphatic heterocycles. The van der Waals surface area contributed by atoms with Crippen molar-refractivity contribution in [1.82, 2.24) is 4.98 Å². The number of rotatable bonds is 4. The number of nitrogens with zero attached hydrogens (tertiary/aromatic N) is 1. The number of thiophene rings is 1. The Bertz CT molecular complexity index is 1380. The lowest BCUT2D eigenvalue weighted by atomic mass is 10.0. The molecule has 31 heavy (non-hydrogen) atoms. The Morgan fingerprint density at radius 1 is 1.03 bits per heavy atom. The normalized spacial score (nSPS) is 15.0. The number of allylic oxidation sites excluding steroid dienone is 1. The van der Waals surface area contributed by atoms with Crippen molar-refractivity contribution in [2.75, 3.05) is 0 Å². The fourth-order valence-corrected chi connectivity index (χ4v) is 4.77. The molecule has 1 aliphatic carbocycles. The minimum Gasteiger partial charge on any atom is -0.436 e. The number of Topliss-reactive ketones (excluding diaryl/α,β-unsaturated/α-hetero) is 2. The number of halogens is 1. The number of aromatic nitrogens is 1. The Kier molecular flexibility index (Phi) is 4.93. The molecule has 4 nitrogen and oxygen atoms in total. The van der Waals surface area contributed by atoms with E-state index in [0.717, 1.165) is 16.0 Å². The third kappa shape index (κ3) is 3.56. The van der Waals surface area contributed by atoms with Crippen LogP contribution >= 0.6 is 22.9 Å². The number of hydrogen-bond acceptors (Lipinski definition) is 5. The van der Waals surface area contributed by atoms with Gasteiger partial charge in [-0.25, -0.2) is 0 Å². The van der Waals surface area contributed by atoms with Crippen molar-refractivity contribution in [3.05, 3.63) is 92.1 Å². The van der Waals surface area contributed by atoms with Gasteiger partial charge in [0.25, 0.3) is 0 Å². The highest BCUT2D eigenvalue weighted by Crippen LogP contribution is 2.34. The van der Waals surface area contributed by atoms with Gasteiger partial charge in [0, 0.05) is 33.2 Å². The molecular weight excluding hydrogens is 430 g/mol. The maximum Gasteiger partial charge on any atom is 0.220 e. The average molecular weight is 446 g/mol. The maximum atomic E-state index is 12.8. The molecule has 2 aromatic carbocycles. The summed E-state index contributed by atoms with van der Waals surface area (Å²) in [4.78, 5) is 31.6. The Balaban J connectivity index is 1.44. The molecule has 0 N–H and O–H groups in total. The van der Waals surface area contributed by atoms with Crippen LogP contribution in [0.3, 0.4) is 0 Å². The van der Waals surface area contributed by atoms with Crippen LogP contribution in [0.1, 0.15) is 49.5 Å². The van der Waals surface area contributed by atoms with Crippen molar-refractivity contribution in [2.45, 2.75) is 13.3 Å². The van der Waals surface area contributed by atoms with Crippen LogP contribution in [-0.2, 0) is 6.42 Å². The lowest BCUT2D eigenvalue weighted by Gasteiger charge is -2.03. The standard InChI is InChI=1S/C25H16ClNO3S/c1-2-15-10-17-18(13-20(15)26)24(29)19(23(17)28)11-16-12-21-25(31-16)27-22(30-21)9-8-14-6-4-3-5-7-14/h3-13H,2H2,1H3/b9-8+,19-11+. The van der Waals surface area contributed by atoms with Crippen LogP contribution in [0.15, 0.2) is 58.5 Å². The second kappa shape index (κ2) is 7.76. The lowest BCUT2D eigenvalue weighted by Crippen LogP contribution is -1.99. The molecule has 2 heterocycles. The number of oxazole rings is 1. The van der Waals surface area contributed by atoms with Gasteiger partial charge in [0.15, 0.2) is 22.0 Å². The summed E-state index contributed by atoms with van der Waals surface area (Å²) in [5.74, 6) is -0.0590. The van der Waals surface area contributed by atoms with Gasteiger partial charge in [-0.3, -0.25) is 9.59 Å². The Labute approximate surface area is 187 Å². The van der Waals surface area contributed by atoms with E-state index in [2.05, 4.69) is 4.98 Å². The Morgan fingerprint density at radius 2 is 1.77 bits per heavy atom. The summed E-state index contributed by atoms with van der Waals surface area (Å²) in [6.45, 7) is 1.96. The van der Waals surface area contributed by atoms with Gasteiger partial charge in [0.05, 0.1) is 5.57 Å². The molecule has 4 aromatic rings. The molecule has 0 fully saturated rings. The first kappa shape index (κ1) is 19.7. The van der Waals surface area contributed by atoms with Crippen LogP contribution in [-0.4, -0.2) is 16.6 Å². The Morgan fingerprint density at radius 3 is 2.48 bits per heavy atom. The summed E-state index contributed by atoms with van der Waals surface area (Å²) in [6, 6.07) is 15.0. The van der Waals surface area contributed by atoms with Gasteiger partial charge in [0.2, 0.25) is 5.89 Å². The number of hydrogen-bond donors (Lipinski definition) is 0. The summed E-state index contributed by atoms with van der Waals surface area (Å²) < 4.78 is 5.79. The van der Waals surface area contributed by atoms with E-state index in [0.29, 0.717) is 38.9 Å². The highest BCUT2D eigenvalue weighted by molar-refractivity contribution is 7.19. The zero-order valence-corrected chi connectivity index (χ0v) is 18.1. The van der Waals surface area contributed by atoms with Crippen LogP contribution in [0.25, 0.3) is 28.6 Å². The molecular formula is C25H16ClNO3S. The van der Waals surface area contributed by atoms with Crippen molar-refractivity contribution < 1.29 is 14.0 Å². The van der Waals surface area contributed by atoms with E-state index in [1.807, 2.05) is 49.4 Å². The molecule has 5 rings (SSSR count). The summed E-state index contributed by atoms with van der Waals surface area (Å²) in [5.41, 5.74) is 3.47. The van der Waals surface area contributed by atoms with E-state index in [1.54, 1.807) is 24.3 Å². The minimum atomic E-state index is -0.297. The summed E-state index contributed by atoms with van der Waals surface area (Å²) in [5, 5.41) is 0.512.